The van der Waals surface area contributed by atoms with E-state index in [1.165, 1.54) is 0 Å². The number of rotatable bonds is 6. The maximum atomic E-state index is 12.1. The van der Waals surface area contributed by atoms with Crippen LogP contribution in [0.4, 0.5) is 30.7 Å². The summed E-state index contributed by atoms with van der Waals surface area (Å²) in [6.45, 7) is -0.371. The lowest BCUT2D eigenvalue weighted by Crippen LogP contribution is -2.45. The van der Waals surface area contributed by atoms with Crippen molar-refractivity contribution in [2.45, 2.75) is 18.5 Å². The predicted octanol–water partition coefficient (Wildman–Crippen LogP) is 2.09. The molecular weight excluding hydrogens is 305 g/mol. The van der Waals surface area contributed by atoms with Gasteiger partial charge in [-0.15, -0.1) is 0 Å². The lowest BCUT2D eigenvalue weighted by Gasteiger charge is -2.22. The van der Waals surface area contributed by atoms with Gasteiger partial charge in [-0.25, -0.2) is 4.79 Å². The third-order valence-corrected chi connectivity index (χ3v) is 1.59. The molecule has 0 unspecified atom stereocenters. The number of esters is 1. The SMILES string of the molecule is C=C(F)C(=O)OCC(=O)COC(C(F)(F)F)C(F)(F)F. The molecular formula is C9H7F7O4. The first-order valence-corrected chi connectivity index (χ1v) is 4.64. The summed E-state index contributed by atoms with van der Waals surface area (Å²) in [4.78, 5) is 21.3. The summed E-state index contributed by atoms with van der Waals surface area (Å²) in [6, 6.07) is 0. The second-order valence-corrected chi connectivity index (χ2v) is 3.29. The minimum atomic E-state index is -5.76. The van der Waals surface area contributed by atoms with Gasteiger partial charge < -0.3 is 9.47 Å². The Morgan fingerprint density at radius 1 is 1.00 bits per heavy atom. The third-order valence-electron chi connectivity index (χ3n) is 1.59. The first-order chi connectivity index (χ1) is 8.85. The van der Waals surface area contributed by atoms with Crippen molar-refractivity contribution in [2.24, 2.45) is 0 Å². The summed E-state index contributed by atoms with van der Waals surface area (Å²) in [6.07, 6.45) is -15.7. The van der Waals surface area contributed by atoms with Crippen LogP contribution in [0.3, 0.4) is 0 Å². The van der Waals surface area contributed by atoms with E-state index in [4.69, 9.17) is 0 Å². The van der Waals surface area contributed by atoms with Crippen LogP contribution < -0.4 is 0 Å². The molecule has 20 heavy (non-hydrogen) atoms. The molecule has 0 aromatic heterocycles. The largest absolute Gasteiger partial charge is 0.452 e. The van der Waals surface area contributed by atoms with Crippen molar-refractivity contribution in [3.05, 3.63) is 12.4 Å². The molecule has 0 bridgehead atoms. The Kier molecular flexibility index (Phi) is 6.13. The van der Waals surface area contributed by atoms with Crippen molar-refractivity contribution in [1.29, 1.82) is 0 Å². The zero-order chi connectivity index (χ0) is 16.1. The van der Waals surface area contributed by atoms with Crippen molar-refractivity contribution >= 4 is 11.8 Å². The number of Topliss-reactive ketones (excluding diaryl/α,β-unsaturated/α-hetero) is 1. The number of carbonyl (C=O) groups excluding carboxylic acids is 2. The second-order valence-electron chi connectivity index (χ2n) is 3.29. The molecule has 0 spiro atoms. The van der Waals surface area contributed by atoms with Crippen LogP contribution in [0.15, 0.2) is 12.4 Å². The number of alkyl halides is 6. The van der Waals surface area contributed by atoms with Gasteiger partial charge in [-0.2, -0.15) is 30.7 Å². The van der Waals surface area contributed by atoms with Crippen LogP contribution in [0.25, 0.3) is 0 Å². The number of ketones is 1. The molecule has 0 aromatic carbocycles. The van der Waals surface area contributed by atoms with E-state index in [1.54, 1.807) is 0 Å². The van der Waals surface area contributed by atoms with Gasteiger partial charge in [0, 0.05) is 0 Å². The maximum Gasteiger partial charge on any atom is 0.423 e. The molecule has 0 N–H and O–H groups in total. The second kappa shape index (κ2) is 6.68. The van der Waals surface area contributed by atoms with E-state index in [1.807, 2.05) is 0 Å². The zero-order valence-corrected chi connectivity index (χ0v) is 9.48. The van der Waals surface area contributed by atoms with Gasteiger partial charge in [0.15, 0.2) is 12.4 Å². The monoisotopic (exact) mass is 312 g/mol. The van der Waals surface area contributed by atoms with Crippen molar-refractivity contribution in [1.82, 2.24) is 0 Å². The summed E-state index contributed by atoms with van der Waals surface area (Å²) in [5.41, 5.74) is 0. The lowest BCUT2D eigenvalue weighted by molar-refractivity contribution is -0.319. The van der Waals surface area contributed by atoms with Crippen LogP contribution >= 0.6 is 0 Å². The van der Waals surface area contributed by atoms with E-state index in [2.05, 4.69) is 16.1 Å². The van der Waals surface area contributed by atoms with Gasteiger partial charge in [-0.05, 0) is 0 Å². The fourth-order valence-corrected chi connectivity index (χ4v) is 0.817. The van der Waals surface area contributed by atoms with Crippen molar-refractivity contribution in [2.75, 3.05) is 13.2 Å². The molecule has 4 nitrogen and oxygen atoms in total. The average molecular weight is 312 g/mol. The lowest BCUT2D eigenvalue weighted by atomic mass is 10.3. The molecule has 0 saturated carbocycles. The molecule has 11 heteroatoms. The summed E-state index contributed by atoms with van der Waals surface area (Å²) in [5.74, 6) is -4.66. The summed E-state index contributed by atoms with van der Waals surface area (Å²) < 4.78 is 91.2. The molecule has 0 rings (SSSR count). The Hall–Kier alpha value is -1.65. The number of halogens is 7. The molecule has 0 heterocycles. The quantitative estimate of drug-likeness (QED) is 0.428. The van der Waals surface area contributed by atoms with Crippen molar-refractivity contribution in [3.63, 3.8) is 0 Å². The number of hydrogen-bond donors (Lipinski definition) is 0. The molecule has 0 saturated heterocycles. The zero-order valence-electron chi connectivity index (χ0n) is 9.48. The predicted molar refractivity (Wildman–Crippen MR) is 48.1 cm³/mol. The topological polar surface area (TPSA) is 52.6 Å². The Labute approximate surface area is 107 Å². The molecule has 116 valence electrons. The summed E-state index contributed by atoms with van der Waals surface area (Å²) in [5, 5.41) is 0. The van der Waals surface area contributed by atoms with E-state index >= 15 is 0 Å². The van der Waals surface area contributed by atoms with Crippen molar-refractivity contribution < 1.29 is 49.8 Å². The molecule has 0 aliphatic carbocycles. The standard InChI is InChI=1S/C9H7F7O4/c1-4(10)6(18)19-2-5(17)3-20-7(8(11,12)13)9(14,15)16/h7H,1-3H2. The van der Waals surface area contributed by atoms with Gasteiger partial charge >= 0.3 is 18.3 Å². The average Bonchev–Trinajstić information content (AvgIpc) is 2.21. The Balaban J connectivity index is 4.41. The van der Waals surface area contributed by atoms with Gasteiger partial charge in [0.25, 0.3) is 0 Å². The molecule has 0 radical (unpaired) electrons. The van der Waals surface area contributed by atoms with Gasteiger partial charge in [0.1, 0.15) is 6.61 Å². The van der Waals surface area contributed by atoms with E-state index in [0.29, 0.717) is 0 Å². The van der Waals surface area contributed by atoms with E-state index in [9.17, 15) is 40.3 Å². The van der Waals surface area contributed by atoms with E-state index < -0.39 is 49.2 Å². The highest BCUT2D eigenvalue weighted by Gasteiger charge is 2.58. The minimum absolute atomic E-state index is 1.25. The Bertz CT molecular complexity index is 371. The molecule has 0 aliphatic rings. The van der Waals surface area contributed by atoms with Gasteiger partial charge in [0.05, 0.1) is 0 Å². The normalized spacial score (nSPS) is 12.4. The summed E-state index contributed by atoms with van der Waals surface area (Å²) >= 11 is 0. The van der Waals surface area contributed by atoms with Crippen LogP contribution in [-0.2, 0) is 19.1 Å². The highest BCUT2D eigenvalue weighted by atomic mass is 19.4. The first-order valence-electron chi connectivity index (χ1n) is 4.64. The smallest absolute Gasteiger partial charge is 0.423 e. The number of ether oxygens (including phenoxy) is 2. The highest BCUT2D eigenvalue weighted by Crippen LogP contribution is 2.35. The third kappa shape index (κ3) is 6.50. The fraction of sp³-hybridized carbons (Fsp3) is 0.556. The van der Waals surface area contributed by atoms with Gasteiger partial charge in [-0.3, -0.25) is 4.79 Å². The first kappa shape index (κ1) is 18.4. The molecule has 0 aliphatic heterocycles. The van der Waals surface area contributed by atoms with Crippen LogP contribution in [0.5, 0.6) is 0 Å². The number of carbonyl (C=O) groups is 2. The van der Waals surface area contributed by atoms with Gasteiger partial charge in [-0.1, -0.05) is 6.58 Å². The van der Waals surface area contributed by atoms with Crippen LogP contribution in [0.2, 0.25) is 0 Å². The fourth-order valence-electron chi connectivity index (χ4n) is 0.817. The van der Waals surface area contributed by atoms with Gasteiger partial charge in [0.2, 0.25) is 11.9 Å². The highest BCUT2D eigenvalue weighted by molar-refractivity contribution is 5.88. The van der Waals surface area contributed by atoms with Crippen LogP contribution in [-0.4, -0.2) is 43.4 Å². The van der Waals surface area contributed by atoms with E-state index in [0.717, 1.165) is 0 Å². The van der Waals surface area contributed by atoms with Crippen molar-refractivity contribution in [3.8, 4) is 0 Å². The summed E-state index contributed by atoms with van der Waals surface area (Å²) in [7, 11) is 0. The van der Waals surface area contributed by atoms with E-state index in [-0.39, 0.29) is 0 Å². The number of hydrogen-bond acceptors (Lipinski definition) is 4. The molecule has 0 aromatic rings. The van der Waals surface area contributed by atoms with Crippen LogP contribution in [0, 0.1) is 0 Å². The Morgan fingerprint density at radius 3 is 1.80 bits per heavy atom. The minimum Gasteiger partial charge on any atom is -0.452 e. The maximum absolute atomic E-state index is 12.1. The van der Waals surface area contributed by atoms with Crippen LogP contribution in [0.1, 0.15) is 0 Å². The molecule has 0 atom stereocenters. The molecule has 0 amide bonds. The molecule has 0 fully saturated rings. The Morgan fingerprint density at radius 2 is 1.45 bits per heavy atom.